The van der Waals surface area contributed by atoms with E-state index in [2.05, 4.69) is 26.1 Å². The predicted molar refractivity (Wildman–Crippen MR) is 76.8 cm³/mol. The molecule has 0 amide bonds. The molecule has 0 aliphatic heterocycles. The molecule has 0 aromatic rings. The van der Waals surface area contributed by atoms with Gasteiger partial charge in [0.1, 0.15) is 0 Å². The normalized spacial score (nSPS) is 32.8. The maximum absolute atomic E-state index is 6.09. The van der Waals surface area contributed by atoms with Gasteiger partial charge in [0, 0.05) is 12.6 Å². The van der Waals surface area contributed by atoms with Gasteiger partial charge in [0.2, 0.25) is 0 Å². The first kappa shape index (κ1) is 14.3. The third-order valence-corrected chi connectivity index (χ3v) is 4.59. The zero-order valence-electron chi connectivity index (χ0n) is 12.5. The highest BCUT2D eigenvalue weighted by Gasteiger charge is 2.32. The van der Waals surface area contributed by atoms with E-state index < -0.39 is 0 Å². The Hall–Kier alpha value is -0.0800. The van der Waals surface area contributed by atoms with Crippen molar-refractivity contribution in [2.75, 3.05) is 13.2 Å². The van der Waals surface area contributed by atoms with Gasteiger partial charge in [0.15, 0.2) is 0 Å². The highest BCUT2D eigenvalue weighted by atomic mass is 16.5. The van der Waals surface area contributed by atoms with E-state index in [1.54, 1.807) is 0 Å². The van der Waals surface area contributed by atoms with Gasteiger partial charge in [-0.2, -0.15) is 0 Å². The fraction of sp³-hybridized carbons (Fsp3) is 1.00. The summed E-state index contributed by atoms with van der Waals surface area (Å²) in [7, 11) is 0. The first-order valence-electron chi connectivity index (χ1n) is 7.90. The number of nitrogens with one attached hydrogen (secondary N) is 1. The molecule has 1 N–H and O–H groups in total. The molecule has 0 spiro atoms. The van der Waals surface area contributed by atoms with Crippen molar-refractivity contribution < 1.29 is 4.74 Å². The summed E-state index contributed by atoms with van der Waals surface area (Å²) in [6.07, 6.45) is 9.90. The van der Waals surface area contributed by atoms with Crippen LogP contribution >= 0.6 is 0 Å². The molecule has 0 radical (unpaired) electrons. The van der Waals surface area contributed by atoms with Crippen molar-refractivity contribution in [2.45, 2.75) is 77.9 Å². The van der Waals surface area contributed by atoms with Crippen LogP contribution in [0.3, 0.4) is 0 Å². The molecular formula is C16H31NO. The van der Waals surface area contributed by atoms with Crippen LogP contribution in [0.25, 0.3) is 0 Å². The van der Waals surface area contributed by atoms with E-state index >= 15 is 0 Å². The Balaban J connectivity index is 1.60. The molecule has 2 rings (SSSR count). The van der Waals surface area contributed by atoms with Gasteiger partial charge in [-0.15, -0.1) is 0 Å². The van der Waals surface area contributed by atoms with Gasteiger partial charge in [-0.3, -0.25) is 0 Å². The minimum absolute atomic E-state index is 0.473. The van der Waals surface area contributed by atoms with Gasteiger partial charge >= 0.3 is 0 Å². The summed E-state index contributed by atoms with van der Waals surface area (Å²) in [6.45, 7) is 9.07. The highest BCUT2D eigenvalue weighted by Crippen LogP contribution is 2.39. The first-order chi connectivity index (χ1) is 8.55. The quantitative estimate of drug-likeness (QED) is 0.753. The SMILES string of the molecule is CC1CC(OCCNC2CCCC2)CC(C)(C)C1. The zero-order chi connectivity index (χ0) is 13.0. The summed E-state index contributed by atoms with van der Waals surface area (Å²) >= 11 is 0. The van der Waals surface area contributed by atoms with E-state index in [1.807, 2.05) is 0 Å². The maximum atomic E-state index is 6.09. The van der Waals surface area contributed by atoms with Crippen LogP contribution in [0, 0.1) is 11.3 Å². The summed E-state index contributed by atoms with van der Waals surface area (Å²) in [5.74, 6) is 0.821. The third-order valence-electron chi connectivity index (χ3n) is 4.59. The molecule has 0 bridgehead atoms. The molecule has 18 heavy (non-hydrogen) atoms. The van der Waals surface area contributed by atoms with Crippen LogP contribution in [-0.4, -0.2) is 25.3 Å². The van der Waals surface area contributed by atoms with E-state index in [0.717, 1.165) is 25.1 Å². The zero-order valence-corrected chi connectivity index (χ0v) is 12.5. The lowest BCUT2D eigenvalue weighted by atomic mass is 9.71. The first-order valence-corrected chi connectivity index (χ1v) is 7.90. The Morgan fingerprint density at radius 1 is 1.17 bits per heavy atom. The van der Waals surface area contributed by atoms with Crippen molar-refractivity contribution >= 4 is 0 Å². The molecule has 0 saturated heterocycles. The van der Waals surface area contributed by atoms with Crippen LogP contribution < -0.4 is 5.32 Å². The van der Waals surface area contributed by atoms with Crippen molar-refractivity contribution in [3.8, 4) is 0 Å². The van der Waals surface area contributed by atoms with E-state index in [9.17, 15) is 0 Å². The Kier molecular flexibility index (Phi) is 5.08. The molecule has 2 unspecified atom stereocenters. The second-order valence-electron chi connectivity index (χ2n) is 7.34. The molecule has 0 aromatic heterocycles. The monoisotopic (exact) mass is 253 g/mol. The minimum Gasteiger partial charge on any atom is -0.377 e. The molecule has 2 fully saturated rings. The Bertz CT molecular complexity index is 245. The highest BCUT2D eigenvalue weighted by molar-refractivity contribution is 4.83. The van der Waals surface area contributed by atoms with E-state index in [-0.39, 0.29) is 0 Å². The fourth-order valence-corrected chi connectivity index (χ4v) is 4.00. The van der Waals surface area contributed by atoms with Gasteiger partial charge < -0.3 is 10.1 Å². The molecule has 2 aliphatic carbocycles. The summed E-state index contributed by atoms with van der Waals surface area (Å²) in [4.78, 5) is 0. The van der Waals surface area contributed by atoms with Crippen LogP contribution in [0.1, 0.15) is 65.7 Å². The van der Waals surface area contributed by atoms with Gasteiger partial charge in [-0.25, -0.2) is 0 Å². The van der Waals surface area contributed by atoms with Crippen molar-refractivity contribution in [3.63, 3.8) is 0 Å². The Morgan fingerprint density at radius 2 is 1.89 bits per heavy atom. The molecule has 2 atom stereocenters. The average Bonchev–Trinajstić information content (AvgIpc) is 2.74. The average molecular weight is 253 g/mol. The van der Waals surface area contributed by atoms with Gasteiger partial charge in [-0.05, 0) is 43.4 Å². The van der Waals surface area contributed by atoms with E-state index in [1.165, 1.54) is 44.9 Å². The van der Waals surface area contributed by atoms with Crippen molar-refractivity contribution in [1.82, 2.24) is 5.32 Å². The number of hydrogen-bond acceptors (Lipinski definition) is 2. The van der Waals surface area contributed by atoms with Crippen LogP contribution in [0.2, 0.25) is 0 Å². The molecule has 2 saturated carbocycles. The largest absolute Gasteiger partial charge is 0.377 e. The maximum Gasteiger partial charge on any atom is 0.0594 e. The molecule has 2 nitrogen and oxygen atoms in total. The summed E-state index contributed by atoms with van der Waals surface area (Å²) in [5.41, 5.74) is 0.473. The molecule has 0 heterocycles. The summed E-state index contributed by atoms with van der Waals surface area (Å²) in [6, 6.07) is 0.773. The van der Waals surface area contributed by atoms with Crippen LogP contribution in [0.4, 0.5) is 0 Å². The minimum atomic E-state index is 0.473. The lowest BCUT2D eigenvalue weighted by Gasteiger charge is -2.38. The van der Waals surface area contributed by atoms with Crippen molar-refractivity contribution in [3.05, 3.63) is 0 Å². The second kappa shape index (κ2) is 6.38. The summed E-state index contributed by atoms with van der Waals surface area (Å²) in [5, 5.41) is 3.63. The standard InChI is InChI=1S/C16H31NO/c1-13-10-15(12-16(2,3)11-13)18-9-8-17-14-6-4-5-7-14/h13-15,17H,4-12H2,1-3H3. The smallest absolute Gasteiger partial charge is 0.0594 e. The lowest BCUT2D eigenvalue weighted by molar-refractivity contribution is -0.0218. The number of rotatable bonds is 5. The van der Waals surface area contributed by atoms with Gasteiger partial charge in [0.25, 0.3) is 0 Å². The third kappa shape index (κ3) is 4.55. The fourth-order valence-electron chi connectivity index (χ4n) is 4.00. The van der Waals surface area contributed by atoms with Gasteiger partial charge in [0.05, 0.1) is 12.7 Å². The number of hydrogen-bond donors (Lipinski definition) is 1. The van der Waals surface area contributed by atoms with E-state index in [0.29, 0.717) is 11.5 Å². The molecular weight excluding hydrogens is 222 g/mol. The van der Waals surface area contributed by atoms with Crippen LogP contribution in [0.5, 0.6) is 0 Å². The topological polar surface area (TPSA) is 21.3 Å². The van der Waals surface area contributed by atoms with Gasteiger partial charge in [-0.1, -0.05) is 33.6 Å². The molecule has 2 heteroatoms. The van der Waals surface area contributed by atoms with Crippen molar-refractivity contribution in [1.29, 1.82) is 0 Å². The van der Waals surface area contributed by atoms with Crippen molar-refractivity contribution in [2.24, 2.45) is 11.3 Å². The van der Waals surface area contributed by atoms with E-state index in [4.69, 9.17) is 4.74 Å². The second-order valence-corrected chi connectivity index (χ2v) is 7.34. The van der Waals surface area contributed by atoms with Crippen LogP contribution in [0.15, 0.2) is 0 Å². The molecule has 0 aromatic carbocycles. The Morgan fingerprint density at radius 3 is 2.56 bits per heavy atom. The molecule has 106 valence electrons. The molecule has 2 aliphatic rings. The number of ether oxygens (including phenoxy) is 1. The summed E-state index contributed by atoms with van der Waals surface area (Å²) < 4.78 is 6.09. The van der Waals surface area contributed by atoms with Crippen LogP contribution in [-0.2, 0) is 4.74 Å². The lowest BCUT2D eigenvalue weighted by Crippen LogP contribution is -2.35. The predicted octanol–water partition coefficient (Wildman–Crippen LogP) is 3.75. The Labute approximate surface area is 113 Å².